The number of benzene rings is 3. The minimum atomic E-state index is -3.83. The van der Waals surface area contributed by atoms with E-state index in [0.29, 0.717) is 11.4 Å². The first kappa shape index (κ1) is 27.7. The van der Waals surface area contributed by atoms with Gasteiger partial charge >= 0.3 is 0 Å². The molecular weight excluding hydrogens is 490 g/mol. The first-order valence-electron chi connectivity index (χ1n) is 11.8. The quantitative estimate of drug-likeness (QED) is 0.417. The Morgan fingerprint density at radius 1 is 0.973 bits per heavy atom. The fourth-order valence-corrected chi connectivity index (χ4v) is 4.91. The molecule has 0 aliphatic rings. The van der Waals surface area contributed by atoms with Crippen molar-refractivity contribution in [3.63, 3.8) is 0 Å². The van der Waals surface area contributed by atoms with Crippen LogP contribution >= 0.6 is 0 Å². The van der Waals surface area contributed by atoms with Crippen molar-refractivity contribution in [2.24, 2.45) is 0 Å². The molecule has 2 amide bonds. The second kappa shape index (κ2) is 12.4. The molecule has 37 heavy (non-hydrogen) atoms. The van der Waals surface area contributed by atoms with Crippen molar-refractivity contribution in [3.05, 3.63) is 95.6 Å². The van der Waals surface area contributed by atoms with E-state index in [0.717, 1.165) is 27.3 Å². The Balaban J connectivity index is 2.04. The molecule has 196 valence electrons. The van der Waals surface area contributed by atoms with Crippen LogP contribution in [0.25, 0.3) is 0 Å². The van der Waals surface area contributed by atoms with Gasteiger partial charge < -0.3 is 15.0 Å². The summed E-state index contributed by atoms with van der Waals surface area (Å²) in [6.07, 6.45) is 1.32. The number of hydrogen-bond donors (Lipinski definition) is 1. The molecule has 0 fully saturated rings. The number of amides is 2. The minimum absolute atomic E-state index is 0.145. The smallest absolute Gasteiger partial charge is 0.244 e. The van der Waals surface area contributed by atoms with Crippen LogP contribution in [-0.2, 0) is 32.6 Å². The molecule has 9 heteroatoms. The van der Waals surface area contributed by atoms with Crippen LogP contribution in [0, 0.1) is 6.92 Å². The van der Waals surface area contributed by atoms with Gasteiger partial charge in [-0.25, -0.2) is 8.42 Å². The first-order chi connectivity index (χ1) is 17.6. The van der Waals surface area contributed by atoms with Gasteiger partial charge in [0, 0.05) is 26.1 Å². The van der Waals surface area contributed by atoms with Crippen LogP contribution in [0.1, 0.15) is 16.7 Å². The predicted octanol–water partition coefficient (Wildman–Crippen LogP) is 3.16. The third kappa shape index (κ3) is 7.33. The van der Waals surface area contributed by atoms with E-state index >= 15 is 0 Å². The Labute approximate surface area is 218 Å². The third-order valence-corrected chi connectivity index (χ3v) is 7.28. The monoisotopic (exact) mass is 523 g/mol. The van der Waals surface area contributed by atoms with E-state index in [4.69, 9.17) is 4.74 Å². The van der Waals surface area contributed by atoms with Gasteiger partial charge in [-0.3, -0.25) is 13.9 Å². The summed E-state index contributed by atoms with van der Waals surface area (Å²) in [4.78, 5) is 28.5. The maximum Gasteiger partial charge on any atom is 0.244 e. The number of likely N-dealkylation sites (N-methyl/N-ethyl adjacent to an activating group) is 1. The molecule has 3 aromatic rings. The highest BCUT2D eigenvalue weighted by molar-refractivity contribution is 7.92. The molecule has 1 N–H and O–H groups in total. The molecule has 0 aliphatic carbocycles. The lowest BCUT2D eigenvalue weighted by molar-refractivity contribution is -0.139. The topological polar surface area (TPSA) is 96.0 Å². The molecule has 0 bridgehead atoms. The second-order valence-electron chi connectivity index (χ2n) is 8.74. The average molecular weight is 524 g/mol. The van der Waals surface area contributed by atoms with Gasteiger partial charge in [-0.15, -0.1) is 0 Å². The summed E-state index contributed by atoms with van der Waals surface area (Å²) < 4.78 is 31.9. The summed E-state index contributed by atoms with van der Waals surface area (Å²) in [6, 6.07) is 22.7. The molecule has 0 aromatic heterocycles. The highest BCUT2D eigenvalue weighted by Crippen LogP contribution is 2.24. The predicted molar refractivity (Wildman–Crippen MR) is 145 cm³/mol. The highest BCUT2D eigenvalue weighted by atomic mass is 32.2. The molecule has 0 spiro atoms. The Morgan fingerprint density at radius 3 is 2.27 bits per heavy atom. The minimum Gasteiger partial charge on any atom is -0.497 e. The molecule has 0 heterocycles. The summed E-state index contributed by atoms with van der Waals surface area (Å²) in [5, 5.41) is 2.67. The van der Waals surface area contributed by atoms with Crippen LogP contribution in [0.3, 0.4) is 0 Å². The number of nitrogens with zero attached hydrogens (tertiary/aromatic N) is 2. The Hall–Kier alpha value is -3.85. The van der Waals surface area contributed by atoms with Crippen molar-refractivity contribution < 1.29 is 22.7 Å². The van der Waals surface area contributed by atoms with E-state index in [9.17, 15) is 18.0 Å². The number of aryl methyl sites for hydroxylation is 1. The van der Waals surface area contributed by atoms with E-state index in [1.807, 2.05) is 61.5 Å². The van der Waals surface area contributed by atoms with Crippen LogP contribution in [-0.4, -0.2) is 58.1 Å². The van der Waals surface area contributed by atoms with Gasteiger partial charge in [0.2, 0.25) is 21.8 Å². The van der Waals surface area contributed by atoms with Crippen LogP contribution in [0.5, 0.6) is 5.75 Å². The summed E-state index contributed by atoms with van der Waals surface area (Å²) in [5.74, 6) is -0.373. The normalized spacial score (nSPS) is 11.9. The van der Waals surface area contributed by atoms with E-state index in [1.165, 1.54) is 19.1 Å². The van der Waals surface area contributed by atoms with Crippen molar-refractivity contribution >= 4 is 27.5 Å². The zero-order valence-corrected chi connectivity index (χ0v) is 22.4. The number of anilines is 1. The largest absolute Gasteiger partial charge is 0.497 e. The summed E-state index contributed by atoms with van der Waals surface area (Å²) in [6.45, 7) is 1.61. The molecule has 3 aromatic carbocycles. The van der Waals surface area contributed by atoms with E-state index in [-0.39, 0.29) is 18.9 Å². The molecule has 0 radical (unpaired) electrons. The molecule has 0 aliphatic heterocycles. The average Bonchev–Trinajstić information content (AvgIpc) is 2.89. The lowest BCUT2D eigenvalue weighted by Gasteiger charge is -2.33. The van der Waals surface area contributed by atoms with Gasteiger partial charge in [0.15, 0.2) is 0 Å². The Kier molecular flexibility index (Phi) is 9.30. The number of carbonyl (C=O) groups excluding carboxylic acids is 2. The van der Waals surface area contributed by atoms with Crippen molar-refractivity contribution in [1.82, 2.24) is 10.2 Å². The van der Waals surface area contributed by atoms with Crippen molar-refractivity contribution in [2.45, 2.75) is 25.9 Å². The molecule has 0 saturated carbocycles. The summed E-state index contributed by atoms with van der Waals surface area (Å²) in [7, 11) is -0.827. The number of methoxy groups -OCH3 is 1. The summed E-state index contributed by atoms with van der Waals surface area (Å²) >= 11 is 0. The number of carbonyl (C=O) groups is 2. The molecule has 8 nitrogen and oxygen atoms in total. The van der Waals surface area contributed by atoms with Gasteiger partial charge in [0.05, 0.1) is 19.1 Å². The van der Waals surface area contributed by atoms with Gasteiger partial charge in [-0.05, 0) is 35.7 Å². The van der Waals surface area contributed by atoms with Gasteiger partial charge in [-0.1, -0.05) is 60.7 Å². The first-order valence-corrected chi connectivity index (χ1v) is 13.7. The van der Waals surface area contributed by atoms with Gasteiger partial charge in [-0.2, -0.15) is 0 Å². The Bertz CT molecular complexity index is 1330. The number of nitrogens with one attached hydrogen (secondary N) is 1. The molecule has 0 saturated heterocycles. The standard InChI is InChI=1S/C28H33N3O5S/c1-21-11-8-9-14-23(21)19-30(26(28(33)29-2)17-22-12-6-5-7-13-22)27(32)20-31(37(4,34)35)24-15-10-16-25(18-24)36-3/h5-16,18,26H,17,19-20H2,1-4H3,(H,29,33)/t26-/m1/s1. The number of rotatable bonds is 11. The summed E-state index contributed by atoms with van der Waals surface area (Å²) in [5.41, 5.74) is 3.01. The van der Waals surface area contributed by atoms with E-state index in [1.54, 1.807) is 24.3 Å². The second-order valence-corrected chi connectivity index (χ2v) is 10.6. The molecule has 1 atom stereocenters. The van der Waals surface area contributed by atoms with Gasteiger partial charge in [0.25, 0.3) is 0 Å². The molecular formula is C28H33N3O5S. The number of hydrogen-bond acceptors (Lipinski definition) is 5. The van der Waals surface area contributed by atoms with Crippen LogP contribution in [0.2, 0.25) is 0 Å². The highest BCUT2D eigenvalue weighted by Gasteiger charge is 2.32. The zero-order valence-electron chi connectivity index (χ0n) is 21.5. The fraction of sp³-hybridized carbons (Fsp3) is 0.286. The van der Waals surface area contributed by atoms with Crippen molar-refractivity contribution in [3.8, 4) is 5.75 Å². The van der Waals surface area contributed by atoms with Crippen molar-refractivity contribution in [1.29, 1.82) is 0 Å². The van der Waals surface area contributed by atoms with E-state index < -0.39 is 28.5 Å². The van der Waals surface area contributed by atoms with E-state index in [2.05, 4.69) is 5.32 Å². The third-order valence-electron chi connectivity index (χ3n) is 6.14. The SMILES string of the molecule is CNC(=O)[C@@H](Cc1ccccc1)N(Cc1ccccc1C)C(=O)CN(c1cccc(OC)c1)S(C)(=O)=O. The van der Waals surface area contributed by atoms with Crippen LogP contribution < -0.4 is 14.4 Å². The lowest BCUT2D eigenvalue weighted by Crippen LogP contribution is -2.53. The molecule has 3 rings (SSSR count). The number of sulfonamides is 1. The van der Waals surface area contributed by atoms with Gasteiger partial charge in [0.1, 0.15) is 18.3 Å². The van der Waals surface area contributed by atoms with Crippen LogP contribution in [0.4, 0.5) is 5.69 Å². The van der Waals surface area contributed by atoms with Crippen molar-refractivity contribution in [2.75, 3.05) is 31.3 Å². The maximum atomic E-state index is 13.9. The fourth-order valence-electron chi connectivity index (χ4n) is 4.07. The lowest BCUT2D eigenvalue weighted by atomic mass is 10.0. The molecule has 0 unspecified atom stereocenters. The maximum absolute atomic E-state index is 13.9. The zero-order chi connectivity index (χ0) is 27.0. The van der Waals surface area contributed by atoms with Crippen LogP contribution in [0.15, 0.2) is 78.9 Å². The number of ether oxygens (including phenoxy) is 1. The Morgan fingerprint density at radius 2 is 1.65 bits per heavy atom.